The number of carbonyl (C=O) groups is 3. The maximum Gasteiger partial charge on any atom is 0.354 e. The summed E-state index contributed by atoms with van der Waals surface area (Å²) in [6.07, 6.45) is -0.448. The van der Waals surface area contributed by atoms with E-state index in [1.54, 1.807) is 6.92 Å². The van der Waals surface area contributed by atoms with Crippen LogP contribution in [0, 0.1) is 11.8 Å². The van der Waals surface area contributed by atoms with Crippen molar-refractivity contribution in [2.24, 2.45) is 11.8 Å². The van der Waals surface area contributed by atoms with E-state index in [0.717, 1.165) is 4.90 Å². The Morgan fingerprint density at radius 1 is 1.35 bits per heavy atom. The van der Waals surface area contributed by atoms with Crippen molar-refractivity contribution in [1.29, 1.82) is 0 Å². The number of aliphatic carboxylic acids is 1. The van der Waals surface area contributed by atoms with Gasteiger partial charge in [0.15, 0.2) is 0 Å². The molecule has 1 aliphatic rings. The fourth-order valence-electron chi connectivity index (χ4n) is 2.37. The second-order valence-electron chi connectivity index (χ2n) is 4.73. The van der Waals surface area contributed by atoms with E-state index >= 15 is 0 Å². The molecule has 1 rings (SSSR count). The minimum absolute atomic E-state index is 0.157. The molecule has 0 spiro atoms. The number of nitrogens with zero attached hydrogens (tertiary/aromatic N) is 1. The SMILES string of the molecule is C=C(C(=O)OC)N1C(=O)C(C(C)OC)C1[C@@H](C)C(=O)O. The summed E-state index contributed by atoms with van der Waals surface area (Å²) >= 11 is 0. The summed E-state index contributed by atoms with van der Waals surface area (Å²) in [5.74, 6) is -3.67. The Kier molecular flexibility index (Phi) is 4.88. The monoisotopic (exact) mass is 285 g/mol. The molecule has 112 valence electrons. The number of carboxylic acids is 1. The highest BCUT2D eigenvalue weighted by Crippen LogP contribution is 2.38. The number of carbonyl (C=O) groups excluding carboxylic acids is 2. The zero-order valence-corrected chi connectivity index (χ0v) is 12.0. The summed E-state index contributed by atoms with van der Waals surface area (Å²) < 4.78 is 9.63. The molecule has 4 atom stereocenters. The molecule has 1 heterocycles. The summed E-state index contributed by atoms with van der Waals surface area (Å²) in [5, 5.41) is 9.15. The molecule has 1 fully saturated rings. The smallest absolute Gasteiger partial charge is 0.354 e. The van der Waals surface area contributed by atoms with Gasteiger partial charge in [0, 0.05) is 7.11 Å². The second-order valence-corrected chi connectivity index (χ2v) is 4.73. The maximum absolute atomic E-state index is 12.1. The van der Waals surface area contributed by atoms with Crippen molar-refractivity contribution in [3.05, 3.63) is 12.3 Å². The molecule has 1 N–H and O–H groups in total. The van der Waals surface area contributed by atoms with Crippen molar-refractivity contribution in [2.75, 3.05) is 14.2 Å². The number of esters is 1. The van der Waals surface area contributed by atoms with Gasteiger partial charge < -0.3 is 19.5 Å². The molecule has 0 aromatic heterocycles. The van der Waals surface area contributed by atoms with Crippen LogP contribution in [0.2, 0.25) is 0 Å². The third-order valence-corrected chi connectivity index (χ3v) is 3.68. The minimum atomic E-state index is -1.06. The molecule has 0 aromatic carbocycles. The second kappa shape index (κ2) is 6.04. The molecule has 7 nitrogen and oxygen atoms in total. The van der Waals surface area contributed by atoms with E-state index in [0.29, 0.717) is 0 Å². The molecule has 20 heavy (non-hydrogen) atoms. The number of ether oxygens (including phenoxy) is 2. The van der Waals surface area contributed by atoms with Gasteiger partial charge in [-0.2, -0.15) is 0 Å². The first-order chi connectivity index (χ1) is 9.27. The number of likely N-dealkylation sites (tertiary alicyclic amines) is 1. The van der Waals surface area contributed by atoms with Crippen LogP contribution in [0.25, 0.3) is 0 Å². The average Bonchev–Trinajstić information content (AvgIpc) is 2.42. The van der Waals surface area contributed by atoms with Gasteiger partial charge in [-0.1, -0.05) is 6.58 Å². The van der Waals surface area contributed by atoms with E-state index in [9.17, 15) is 14.4 Å². The van der Waals surface area contributed by atoms with Crippen LogP contribution in [0.5, 0.6) is 0 Å². The topological polar surface area (TPSA) is 93.1 Å². The van der Waals surface area contributed by atoms with Gasteiger partial charge in [0.05, 0.1) is 31.1 Å². The summed E-state index contributed by atoms with van der Waals surface area (Å²) in [7, 11) is 2.61. The molecule has 1 amide bonds. The first-order valence-corrected chi connectivity index (χ1v) is 6.13. The third kappa shape index (κ3) is 2.53. The lowest BCUT2D eigenvalue weighted by molar-refractivity contribution is -0.173. The number of carboxylic acid groups (broad SMARTS) is 1. The van der Waals surface area contributed by atoms with E-state index in [1.165, 1.54) is 21.1 Å². The highest BCUT2D eigenvalue weighted by molar-refractivity contribution is 5.98. The summed E-state index contributed by atoms with van der Waals surface area (Å²) in [6.45, 7) is 6.67. The molecular weight excluding hydrogens is 266 g/mol. The Morgan fingerprint density at radius 2 is 1.90 bits per heavy atom. The van der Waals surface area contributed by atoms with Gasteiger partial charge in [0.1, 0.15) is 5.70 Å². The Hall–Kier alpha value is -1.89. The van der Waals surface area contributed by atoms with Gasteiger partial charge in [-0.25, -0.2) is 4.79 Å². The quantitative estimate of drug-likeness (QED) is 0.427. The van der Waals surface area contributed by atoms with Gasteiger partial charge in [0.25, 0.3) is 0 Å². The average molecular weight is 285 g/mol. The minimum Gasteiger partial charge on any atom is -0.481 e. The first kappa shape index (κ1) is 16.2. The number of β-lactam (4-membered cyclic amide) rings is 1. The van der Waals surface area contributed by atoms with Crippen LogP contribution in [0.15, 0.2) is 12.3 Å². The molecule has 0 bridgehead atoms. The molecule has 0 aliphatic carbocycles. The Morgan fingerprint density at radius 3 is 2.30 bits per heavy atom. The van der Waals surface area contributed by atoms with E-state index < -0.39 is 35.9 Å². The predicted molar refractivity (Wildman–Crippen MR) is 68.6 cm³/mol. The zero-order chi connectivity index (χ0) is 15.6. The Labute approximate surface area is 117 Å². The fourth-order valence-corrected chi connectivity index (χ4v) is 2.37. The molecule has 3 unspecified atom stereocenters. The van der Waals surface area contributed by atoms with Crippen molar-refractivity contribution >= 4 is 17.8 Å². The van der Waals surface area contributed by atoms with Crippen LogP contribution < -0.4 is 0 Å². The van der Waals surface area contributed by atoms with Crippen LogP contribution in [-0.2, 0) is 23.9 Å². The number of amides is 1. The highest BCUT2D eigenvalue weighted by Gasteiger charge is 2.56. The number of hydrogen-bond acceptors (Lipinski definition) is 5. The van der Waals surface area contributed by atoms with Crippen molar-refractivity contribution in [2.45, 2.75) is 26.0 Å². The van der Waals surface area contributed by atoms with Gasteiger partial charge in [0.2, 0.25) is 5.91 Å². The normalized spacial score (nSPS) is 24.6. The Balaban J connectivity index is 3.06. The molecular formula is C13H19NO6. The number of rotatable bonds is 6. The van der Waals surface area contributed by atoms with Crippen LogP contribution in [0.3, 0.4) is 0 Å². The van der Waals surface area contributed by atoms with Gasteiger partial charge in [-0.3, -0.25) is 9.59 Å². The molecule has 0 aromatic rings. The summed E-state index contributed by atoms with van der Waals surface area (Å²) in [6, 6.07) is -0.679. The first-order valence-electron chi connectivity index (χ1n) is 6.13. The highest BCUT2D eigenvalue weighted by atomic mass is 16.5. The number of methoxy groups -OCH3 is 2. The van der Waals surface area contributed by atoms with Crippen molar-refractivity contribution in [3.63, 3.8) is 0 Å². The van der Waals surface area contributed by atoms with Gasteiger partial charge >= 0.3 is 11.9 Å². The largest absolute Gasteiger partial charge is 0.481 e. The fraction of sp³-hybridized carbons (Fsp3) is 0.615. The van der Waals surface area contributed by atoms with Crippen LogP contribution >= 0.6 is 0 Å². The Bertz CT molecular complexity index is 446. The van der Waals surface area contributed by atoms with Crippen molar-refractivity contribution < 1.29 is 29.0 Å². The summed E-state index contributed by atoms with van der Waals surface area (Å²) in [4.78, 5) is 35.9. The molecule has 7 heteroatoms. The van der Waals surface area contributed by atoms with Crippen molar-refractivity contribution in [3.8, 4) is 0 Å². The molecule has 1 aliphatic heterocycles. The lowest BCUT2D eigenvalue weighted by atomic mass is 9.76. The van der Waals surface area contributed by atoms with E-state index in [2.05, 4.69) is 11.3 Å². The van der Waals surface area contributed by atoms with Crippen LogP contribution in [-0.4, -0.2) is 54.2 Å². The lowest BCUT2D eigenvalue weighted by Crippen LogP contribution is -2.67. The summed E-state index contributed by atoms with van der Waals surface area (Å²) in [5.41, 5.74) is -0.157. The number of hydrogen-bond donors (Lipinski definition) is 1. The van der Waals surface area contributed by atoms with Crippen LogP contribution in [0.1, 0.15) is 13.8 Å². The van der Waals surface area contributed by atoms with Crippen LogP contribution in [0.4, 0.5) is 0 Å². The lowest BCUT2D eigenvalue weighted by Gasteiger charge is -2.50. The third-order valence-electron chi connectivity index (χ3n) is 3.68. The maximum atomic E-state index is 12.1. The van der Waals surface area contributed by atoms with E-state index in [-0.39, 0.29) is 11.6 Å². The molecule has 1 saturated heterocycles. The van der Waals surface area contributed by atoms with E-state index in [4.69, 9.17) is 9.84 Å². The molecule has 0 saturated carbocycles. The van der Waals surface area contributed by atoms with Crippen molar-refractivity contribution in [1.82, 2.24) is 4.90 Å². The van der Waals surface area contributed by atoms with Gasteiger partial charge in [-0.05, 0) is 13.8 Å². The standard InChI is InChI=1S/C13H19NO6/c1-6(12(16)17)10-9(8(3)19-4)11(15)14(10)7(2)13(18)20-5/h6,8-10H,2H2,1,3-5H3,(H,16,17)/t6-,8?,9?,10?/m1/s1. The zero-order valence-electron chi connectivity index (χ0n) is 12.0. The van der Waals surface area contributed by atoms with E-state index in [1.807, 2.05) is 0 Å². The van der Waals surface area contributed by atoms with Gasteiger partial charge in [-0.15, -0.1) is 0 Å². The predicted octanol–water partition coefficient (Wildman–Crippen LogP) is 0.256. The molecule has 0 radical (unpaired) electrons.